The van der Waals surface area contributed by atoms with Gasteiger partial charge in [-0.05, 0) is 6.92 Å². The molecule has 9 N–H and O–H groups in total. The maximum absolute atomic E-state index is 12.8. The fraction of sp³-hybridized carbons (Fsp3) is 0.318. The number of carboxylic acid groups (broad SMARTS) is 1. The summed E-state index contributed by atoms with van der Waals surface area (Å²) in [5, 5.41) is 35.4. The third kappa shape index (κ3) is 7.20. The second-order valence-electron chi connectivity index (χ2n) is 9.46. The Morgan fingerprint density at radius 1 is 1.26 bits per heavy atom. The molecule has 0 aliphatic carbocycles. The van der Waals surface area contributed by atoms with E-state index in [-0.39, 0.29) is 20.8 Å². The normalized spacial score (nSPS) is 17.2. The number of carboxylic acids is 1. The van der Waals surface area contributed by atoms with Crippen molar-refractivity contribution in [2.75, 3.05) is 25.4 Å². The third-order valence-corrected chi connectivity index (χ3v) is 8.33. The number of urea groups is 2. The van der Waals surface area contributed by atoms with Crippen molar-refractivity contribution in [2.24, 2.45) is 5.16 Å². The number of aromatic hydroxyl groups is 1. The van der Waals surface area contributed by atoms with Crippen molar-refractivity contribution < 1.29 is 57.3 Å². The number of anilines is 1. The average Bonchev–Trinajstić information content (AvgIpc) is 3.60. The minimum Gasteiger partial charge on any atom is -0.503 e. The SMILES string of the molecule is CC(ON=C(C(=O)N[C@H]1CN(C(=O)NS(=O)(=O)N2CCN(NC(=O)c3cc(=O)c(O)c(CO)[nH]3)C2=O)C1=O)c1csc(N)n1)C(=O)O. The van der Waals surface area contributed by atoms with E-state index in [1.165, 1.54) is 10.1 Å². The van der Waals surface area contributed by atoms with Crippen LogP contribution in [-0.2, 0) is 36.0 Å². The maximum Gasteiger partial charge on any atom is 0.353 e. The number of aromatic nitrogens is 2. The van der Waals surface area contributed by atoms with Crippen LogP contribution in [0.15, 0.2) is 21.4 Å². The first-order valence-electron chi connectivity index (χ1n) is 12.9. The molecule has 2 aromatic heterocycles. The summed E-state index contributed by atoms with van der Waals surface area (Å²) in [6.45, 7) is -1.19. The molecule has 47 heavy (non-hydrogen) atoms. The number of H-pyrrole nitrogens is 1. The zero-order chi connectivity index (χ0) is 34.8. The van der Waals surface area contributed by atoms with Crippen LogP contribution in [0.1, 0.15) is 28.8 Å². The largest absolute Gasteiger partial charge is 0.503 e. The Hall–Kier alpha value is -5.82. The molecule has 4 rings (SSSR count). The lowest BCUT2D eigenvalue weighted by atomic mass is 10.1. The second kappa shape index (κ2) is 13.3. The van der Waals surface area contributed by atoms with E-state index in [0.717, 1.165) is 18.3 Å². The molecular formula is C22H24N10O13S2. The predicted octanol–water partition coefficient (Wildman–Crippen LogP) is -3.83. The minimum absolute atomic E-state index is 0.0304. The molecule has 1 unspecified atom stereocenters. The van der Waals surface area contributed by atoms with Crippen LogP contribution < -0.4 is 26.6 Å². The molecule has 23 nitrogen and oxygen atoms in total. The third-order valence-electron chi connectivity index (χ3n) is 6.31. The van der Waals surface area contributed by atoms with Crippen molar-refractivity contribution in [1.82, 2.24) is 39.6 Å². The highest BCUT2D eigenvalue weighted by Crippen LogP contribution is 2.17. The number of nitrogens with two attached hydrogens (primary N) is 1. The number of imide groups is 1. The van der Waals surface area contributed by atoms with Gasteiger partial charge in [0.2, 0.25) is 11.5 Å². The number of hydrogen-bond donors (Lipinski definition) is 8. The number of likely N-dealkylation sites (tertiary alicyclic amines) is 1. The summed E-state index contributed by atoms with van der Waals surface area (Å²) < 4.78 is 27.3. The number of oxime groups is 1. The quantitative estimate of drug-likeness (QED) is 0.0632. The summed E-state index contributed by atoms with van der Waals surface area (Å²) in [6.07, 6.45) is -1.46. The molecule has 2 aliphatic rings. The lowest BCUT2D eigenvalue weighted by Crippen LogP contribution is -2.68. The highest BCUT2D eigenvalue weighted by atomic mass is 32.2. The molecule has 0 bridgehead atoms. The molecule has 2 aromatic rings. The van der Waals surface area contributed by atoms with E-state index >= 15 is 0 Å². The van der Waals surface area contributed by atoms with Crippen LogP contribution >= 0.6 is 11.3 Å². The number of nitrogen functional groups attached to an aromatic ring is 1. The van der Waals surface area contributed by atoms with Crippen molar-refractivity contribution in [2.45, 2.75) is 25.7 Å². The average molecular weight is 701 g/mol. The second-order valence-corrected chi connectivity index (χ2v) is 11.9. The van der Waals surface area contributed by atoms with E-state index in [1.54, 1.807) is 0 Å². The lowest BCUT2D eigenvalue weighted by Gasteiger charge is -2.36. The van der Waals surface area contributed by atoms with Gasteiger partial charge in [-0.25, -0.2) is 33.4 Å². The number of thiazole rings is 1. The molecule has 0 radical (unpaired) electrons. The summed E-state index contributed by atoms with van der Waals surface area (Å²) in [6, 6.07) is -3.48. The Morgan fingerprint density at radius 3 is 2.55 bits per heavy atom. The van der Waals surface area contributed by atoms with Crippen LogP contribution in [0.3, 0.4) is 0 Å². The highest BCUT2D eigenvalue weighted by molar-refractivity contribution is 7.88. The Labute approximate surface area is 265 Å². The number of carbonyl (C=O) groups excluding carboxylic acids is 5. The number of hydrogen-bond acceptors (Lipinski definition) is 16. The Bertz CT molecular complexity index is 1860. The number of aromatic amines is 1. The van der Waals surface area contributed by atoms with Crippen LogP contribution in [0, 0.1) is 0 Å². The van der Waals surface area contributed by atoms with Crippen molar-refractivity contribution >= 4 is 68.1 Å². The Kier molecular flexibility index (Phi) is 9.62. The molecule has 4 heterocycles. The van der Waals surface area contributed by atoms with Gasteiger partial charge in [-0.3, -0.25) is 29.5 Å². The van der Waals surface area contributed by atoms with Gasteiger partial charge in [-0.1, -0.05) is 5.16 Å². The smallest absolute Gasteiger partial charge is 0.353 e. The number of aliphatic hydroxyl groups is 1. The van der Waals surface area contributed by atoms with Gasteiger partial charge in [0.05, 0.1) is 31.9 Å². The molecule has 2 saturated heterocycles. The van der Waals surface area contributed by atoms with Crippen molar-refractivity contribution in [1.29, 1.82) is 0 Å². The topological polar surface area (TPSA) is 336 Å². The summed E-state index contributed by atoms with van der Waals surface area (Å²) in [4.78, 5) is 97.4. The summed E-state index contributed by atoms with van der Waals surface area (Å²) in [7, 11) is -4.94. The van der Waals surface area contributed by atoms with E-state index in [4.69, 9.17) is 15.7 Å². The number of aliphatic carboxylic acids is 1. The molecule has 2 fully saturated rings. The Balaban J connectivity index is 1.35. The van der Waals surface area contributed by atoms with Gasteiger partial charge in [0.25, 0.3) is 17.7 Å². The number of aliphatic hydroxyl groups excluding tert-OH is 1. The van der Waals surface area contributed by atoms with Crippen LogP contribution in [0.5, 0.6) is 5.75 Å². The number of carbonyl (C=O) groups is 6. The van der Waals surface area contributed by atoms with Gasteiger partial charge in [0.1, 0.15) is 17.4 Å². The summed E-state index contributed by atoms with van der Waals surface area (Å²) in [5.74, 6) is -5.46. The van der Waals surface area contributed by atoms with Gasteiger partial charge in [-0.2, -0.15) is 8.42 Å². The fourth-order valence-corrected chi connectivity index (χ4v) is 5.43. The molecule has 0 saturated carbocycles. The van der Waals surface area contributed by atoms with Crippen molar-refractivity contribution in [3.63, 3.8) is 0 Å². The van der Waals surface area contributed by atoms with Crippen LogP contribution in [0.2, 0.25) is 0 Å². The van der Waals surface area contributed by atoms with E-state index < -0.39 is 107 Å². The number of nitrogens with zero attached hydrogens (tertiary/aromatic N) is 5. The zero-order valence-corrected chi connectivity index (χ0v) is 25.3. The van der Waals surface area contributed by atoms with Crippen molar-refractivity contribution in [3.8, 4) is 5.75 Å². The van der Waals surface area contributed by atoms with Gasteiger partial charge in [0.15, 0.2) is 16.6 Å². The standard InChI is InChI=1S/C22H24N10O13S2/c1-8(19(39)40)45-28-14(12-7-46-20(23)26-12)17(37)25-10-5-30(18(10)38)21(41)29-47(43,44)32-3-2-31(22(32)42)27-16(36)9-4-13(34)15(35)11(6-33)24-9/h4,7-8,10,33,35H,2-3,5-6H2,1H3,(H2,23,26)(H,24,34)(H,25,37)(H,27,36)(H,29,41)(H,39,40)/t8?,10-/m0/s1. The Morgan fingerprint density at radius 2 is 1.96 bits per heavy atom. The molecule has 7 amide bonds. The van der Waals surface area contributed by atoms with Gasteiger partial charge in [0, 0.05) is 11.4 Å². The number of β-lactam (4-membered cyclic amide) rings is 1. The molecule has 25 heteroatoms. The van der Waals surface area contributed by atoms with Crippen LogP contribution in [0.4, 0.5) is 14.7 Å². The molecule has 2 atom stereocenters. The van der Waals surface area contributed by atoms with E-state index in [0.29, 0.717) is 16.0 Å². The van der Waals surface area contributed by atoms with Gasteiger partial charge < -0.3 is 36.2 Å². The maximum atomic E-state index is 12.8. The van der Waals surface area contributed by atoms with Crippen molar-refractivity contribution in [3.05, 3.63) is 38.8 Å². The highest BCUT2D eigenvalue weighted by Gasteiger charge is 2.46. The van der Waals surface area contributed by atoms with Gasteiger partial charge in [-0.15, -0.1) is 11.3 Å². The number of rotatable bonds is 11. The number of nitrogens with one attached hydrogen (secondary N) is 4. The number of amides is 7. The number of pyridine rings is 1. The first-order valence-corrected chi connectivity index (χ1v) is 15.2. The lowest BCUT2D eigenvalue weighted by molar-refractivity contribution is -0.149. The van der Waals surface area contributed by atoms with E-state index in [1.807, 2.05) is 5.43 Å². The van der Waals surface area contributed by atoms with Crippen LogP contribution in [-0.4, -0.2) is 121 Å². The summed E-state index contributed by atoms with van der Waals surface area (Å²) in [5.41, 5.74) is 5.08. The molecule has 0 aromatic carbocycles. The monoisotopic (exact) mass is 700 g/mol. The number of hydrazine groups is 1. The zero-order valence-electron chi connectivity index (χ0n) is 23.7. The van der Waals surface area contributed by atoms with E-state index in [2.05, 4.69) is 20.4 Å². The van der Waals surface area contributed by atoms with Gasteiger partial charge >= 0.3 is 28.2 Å². The first-order chi connectivity index (χ1) is 22.0. The summed E-state index contributed by atoms with van der Waals surface area (Å²) >= 11 is 0.922. The minimum atomic E-state index is -4.94. The molecule has 2 aliphatic heterocycles. The molecule has 252 valence electrons. The molecule has 0 spiro atoms. The predicted molar refractivity (Wildman–Crippen MR) is 153 cm³/mol. The first kappa shape index (κ1) is 34.1. The van der Waals surface area contributed by atoms with E-state index in [9.17, 15) is 52.2 Å². The fourth-order valence-electron chi connectivity index (χ4n) is 3.81. The van der Waals surface area contributed by atoms with Crippen LogP contribution in [0.25, 0.3) is 0 Å². The molecular weight excluding hydrogens is 676 g/mol.